The average Bonchev–Trinajstić information content (AvgIpc) is 3.15. The minimum Gasteiger partial charge on any atom is -0.422 e. The maximum atomic E-state index is 13.0. The zero-order valence-electron chi connectivity index (χ0n) is 21.6. The second-order valence-corrected chi connectivity index (χ2v) is 10.9. The van der Waals surface area contributed by atoms with E-state index in [1.165, 1.54) is 5.56 Å². The number of nitrogens with one attached hydrogen (secondary N) is 1. The molecule has 0 aliphatic rings. The fraction of sp³-hybridized carbons (Fsp3) is 0.333. The molecule has 0 atom stereocenters. The Morgan fingerprint density at radius 3 is 2.31 bits per heavy atom. The van der Waals surface area contributed by atoms with E-state index < -0.39 is 0 Å². The van der Waals surface area contributed by atoms with Crippen LogP contribution in [0.5, 0.6) is 5.75 Å². The summed E-state index contributed by atoms with van der Waals surface area (Å²) in [5, 5.41) is 3.75. The van der Waals surface area contributed by atoms with Crippen LogP contribution in [0.25, 0.3) is 16.9 Å². The van der Waals surface area contributed by atoms with Crippen molar-refractivity contribution >= 4 is 17.4 Å². The van der Waals surface area contributed by atoms with Crippen molar-refractivity contribution in [3.05, 3.63) is 84.1 Å². The predicted octanol–water partition coefficient (Wildman–Crippen LogP) is 7.41. The predicted molar refractivity (Wildman–Crippen MR) is 143 cm³/mol. The molecule has 4 rings (SSSR count). The number of esters is 1. The Balaban J connectivity index is 1.74. The number of aromatic nitrogens is 2. The number of aryl methyl sites for hydroxylation is 1. The minimum atomic E-state index is -0.383. The highest BCUT2D eigenvalue weighted by Gasteiger charge is 2.28. The Bertz CT molecular complexity index is 1330. The first kappa shape index (κ1) is 24.5. The monoisotopic (exact) mass is 469 g/mol. The van der Waals surface area contributed by atoms with Gasteiger partial charge >= 0.3 is 5.97 Å². The van der Waals surface area contributed by atoms with E-state index in [9.17, 15) is 4.79 Å². The van der Waals surface area contributed by atoms with Crippen LogP contribution in [0, 0.1) is 5.41 Å². The molecule has 0 unspecified atom stereocenters. The molecule has 2 aromatic heterocycles. The number of hydrogen-bond donors (Lipinski definition) is 1. The maximum Gasteiger partial charge on any atom is 0.343 e. The Kier molecular flexibility index (Phi) is 6.70. The van der Waals surface area contributed by atoms with E-state index in [-0.39, 0.29) is 16.9 Å². The summed E-state index contributed by atoms with van der Waals surface area (Å²) in [5.41, 5.74) is 4.01. The van der Waals surface area contributed by atoms with Crippen molar-refractivity contribution in [3.63, 3.8) is 0 Å². The highest BCUT2D eigenvalue weighted by molar-refractivity contribution is 5.92. The van der Waals surface area contributed by atoms with Gasteiger partial charge in [0.25, 0.3) is 0 Å². The summed E-state index contributed by atoms with van der Waals surface area (Å²) < 4.78 is 7.96. The molecule has 4 aromatic rings. The molecule has 5 nitrogen and oxygen atoms in total. The number of carbonyl (C=O) groups is 1. The lowest BCUT2D eigenvalue weighted by Crippen LogP contribution is -2.36. The second kappa shape index (κ2) is 9.57. The molecule has 0 aliphatic carbocycles. The van der Waals surface area contributed by atoms with Gasteiger partial charge in [0.2, 0.25) is 0 Å². The van der Waals surface area contributed by atoms with Crippen molar-refractivity contribution < 1.29 is 9.53 Å². The standard InChI is InChI=1S/C30H35N3O2/c1-7-21-15-17-22(18-16-21)28(34)35-24-13-9-8-12-23(24)26-27(32-30(5,6)20-29(2,3)4)33-19-11-10-14-25(33)31-26/h8-19,32H,7,20H2,1-6H3. The molecule has 5 heteroatoms. The summed E-state index contributed by atoms with van der Waals surface area (Å²) in [6.07, 6.45) is 3.89. The molecule has 0 amide bonds. The lowest BCUT2D eigenvalue weighted by atomic mass is 9.82. The summed E-state index contributed by atoms with van der Waals surface area (Å²) in [5.74, 6) is 0.981. The van der Waals surface area contributed by atoms with Gasteiger partial charge in [0.1, 0.15) is 22.9 Å². The van der Waals surface area contributed by atoms with Crippen molar-refractivity contribution in [2.75, 3.05) is 5.32 Å². The van der Waals surface area contributed by atoms with Crippen LogP contribution in [-0.2, 0) is 6.42 Å². The number of para-hydroxylation sites is 1. The van der Waals surface area contributed by atoms with Gasteiger partial charge in [-0.2, -0.15) is 0 Å². The van der Waals surface area contributed by atoms with Gasteiger partial charge in [-0.3, -0.25) is 4.40 Å². The zero-order valence-corrected chi connectivity index (χ0v) is 21.6. The lowest BCUT2D eigenvalue weighted by molar-refractivity contribution is 0.0735. The number of ether oxygens (including phenoxy) is 1. The highest BCUT2D eigenvalue weighted by atomic mass is 16.5. The number of nitrogens with zero attached hydrogens (tertiary/aromatic N) is 2. The topological polar surface area (TPSA) is 55.6 Å². The zero-order chi connectivity index (χ0) is 25.2. The molecule has 0 fully saturated rings. The van der Waals surface area contributed by atoms with Gasteiger partial charge in [0.15, 0.2) is 0 Å². The Hall–Kier alpha value is -3.60. The van der Waals surface area contributed by atoms with Gasteiger partial charge in [-0.15, -0.1) is 0 Å². The molecular formula is C30H35N3O2. The number of benzene rings is 2. The summed E-state index contributed by atoms with van der Waals surface area (Å²) >= 11 is 0. The largest absolute Gasteiger partial charge is 0.422 e. The van der Waals surface area contributed by atoms with E-state index in [4.69, 9.17) is 9.72 Å². The molecule has 182 valence electrons. The molecule has 0 saturated carbocycles. The Morgan fingerprint density at radius 2 is 1.63 bits per heavy atom. The summed E-state index contributed by atoms with van der Waals surface area (Å²) in [7, 11) is 0. The number of hydrogen-bond acceptors (Lipinski definition) is 4. The van der Waals surface area contributed by atoms with Crippen LogP contribution < -0.4 is 10.1 Å². The number of imidazole rings is 1. The van der Waals surface area contributed by atoms with E-state index >= 15 is 0 Å². The maximum absolute atomic E-state index is 13.0. The molecule has 0 bridgehead atoms. The van der Waals surface area contributed by atoms with Gasteiger partial charge in [0.05, 0.1) is 5.56 Å². The first-order chi connectivity index (χ1) is 16.6. The van der Waals surface area contributed by atoms with E-state index in [0.29, 0.717) is 11.3 Å². The normalized spacial score (nSPS) is 12.1. The van der Waals surface area contributed by atoms with Gasteiger partial charge in [-0.1, -0.05) is 58.0 Å². The van der Waals surface area contributed by atoms with Crippen molar-refractivity contribution in [2.45, 2.75) is 59.9 Å². The van der Waals surface area contributed by atoms with Crippen molar-refractivity contribution in [1.82, 2.24) is 9.38 Å². The van der Waals surface area contributed by atoms with Crippen LogP contribution in [0.3, 0.4) is 0 Å². The quantitative estimate of drug-likeness (QED) is 0.226. The summed E-state index contributed by atoms with van der Waals surface area (Å²) in [6.45, 7) is 13.2. The highest BCUT2D eigenvalue weighted by Crippen LogP contribution is 2.38. The van der Waals surface area contributed by atoms with E-state index in [2.05, 4.69) is 51.3 Å². The van der Waals surface area contributed by atoms with Crippen LogP contribution in [0.1, 0.15) is 63.9 Å². The number of pyridine rings is 1. The fourth-order valence-corrected chi connectivity index (χ4v) is 4.78. The third kappa shape index (κ3) is 5.73. The van der Waals surface area contributed by atoms with Crippen molar-refractivity contribution in [3.8, 4) is 17.0 Å². The number of anilines is 1. The van der Waals surface area contributed by atoms with E-state index in [1.54, 1.807) is 0 Å². The summed E-state index contributed by atoms with van der Waals surface area (Å²) in [6, 6.07) is 21.1. The SMILES string of the molecule is CCc1ccc(C(=O)Oc2ccccc2-c2nc3ccccn3c2NC(C)(C)CC(C)(C)C)cc1. The van der Waals surface area contributed by atoms with Crippen LogP contribution in [0.2, 0.25) is 0 Å². The van der Waals surface area contributed by atoms with E-state index in [1.807, 2.05) is 72.9 Å². The minimum absolute atomic E-state index is 0.151. The van der Waals surface area contributed by atoms with Crippen molar-refractivity contribution in [1.29, 1.82) is 0 Å². The van der Waals surface area contributed by atoms with Crippen LogP contribution >= 0.6 is 0 Å². The number of rotatable bonds is 7. The average molecular weight is 470 g/mol. The first-order valence-electron chi connectivity index (χ1n) is 12.2. The molecule has 2 aromatic carbocycles. The fourth-order valence-electron chi connectivity index (χ4n) is 4.78. The third-order valence-corrected chi connectivity index (χ3v) is 5.90. The van der Waals surface area contributed by atoms with Crippen LogP contribution in [0.4, 0.5) is 5.82 Å². The third-order valence-electron chi connectivity index (χ3n) is 5.90. The smallest absolute Gasteiger partial charge is 0.343 e. The number of carbonyl (C=O) groups excluding carboxylic acids is 1. The van der Waals surface area contributed by atoms with Crippen LogP contribution in [-0.4, -0.2) is 20.9 Å². The summed E-state index contributed by atoms with van der Waals surface area (Å²) in [4.78, 5) is 17.9. The van der Waals surface area contributed by atoms with Gasteiger partial charge in [-0.25, -0.2) is 9.78 Å². The number of fused-ring (bicyclic) bond motifs is 1. The molecule has 0 aliphatic heterocycles. The van der Waals surface area contributed by atoms with E-state index in [0.717, 1.165) is 35.6 Å². The molecule has 35 heavy (non-hydrogen) atoms. The molecule has 0 saturated heterocycles. The van der Waals surface area contributed by atoms with Gasteiger partial charge in [0, 0.05) is 17.3 Å². The molecule has 0 spiro atoms. The molecule has 0 radical (unpaired) electrons. The van der Waals surface area contributed by atoms with Crippen LogP contribution in [0.15, 0.2) is 72.9 Å². The Morgan fingerprint density at radius 1 is 0.943 bits per heavy atom. The van der Waals surface area contributed by atoms with Gasteiger partial charge < -0.3 is 10.1 Å². The Labute approximate surface area is 208 Å². The first-order valence-corrected chi connectivity index (χ1v) is 12.2. The molecule has 2 heterocycles. The van der Waals surface area contributed by atoms with Crippen molar-refractivity contribution in [2.24, 2.45) is 5.41 Å². The molecule has 1 N–H and O–H groups in total. The lowest BCUT2D eigenvalue weighted by Gasteiger charge is -2.34. The van der Waals surface area contributed by atoms with Gasteiger partial charge in [-0.05, 0) is 74.1 Å². The second-order valence-electron chi connectivity index (χ2n) is 10.9. The molecular weight excluding hydrogens is 434 g/mol.